The Bertz CT molecular complexity index is 867. The summed E-state index contributed by atoms with van der Waals surface area (Å²) in [4.78, 5) is 4.13. The lowest BCUT2D eigenvalue weighted by molar-refractivity contribution is -0.140. The van der Waals surface area contributed by atoms with E-state index >= 15 is 0 Å². The number of hydrogen-bond acceptors (Lipinski definition) is 4. The molecule has 5 nitrogen and oxygen atoms in total. The van der Waals surface area contributed by atoms with Gasteiger partial charge in [-0.15, -0.1) is 0 Å². The number of hydrogen-bond donors (Lipinski definition) is 2. The van der Waals surface area contributed by atoms with Crippen molar-refractivity contribution in [3.8, 4) is 11.1 Å². The van der Waals surface area contributed by atoms with Gasteiger partial charge in [-0.1, -0.05) is 12.1 Å². The third-order valence-electron chi connectivity index (χ3n) is 3.27. The Balaban J connectivity index is 2.41. The molecule has 0 radical (unpaired) electrons. The number of aromatic nitrogens is 3. The number of rotatable bonds is 2. The molecule has 9 heteroatoms. The first-order chi connectivity index (χ1) is 10.8. The van der Waals surface area contributed by atoms with Gasteiger partial charge < -0.3 is 5.43 Å². The smallest absolute Gasteiger partial charge is 0.308 e. The van der Waals surface area contributed by atoms with Gasteiger partial charge in [-0.05, 0) is 24.6 Å². The summed E-state index contributed by atoms with van der Waals surface area (Å²) >= 11 is 0. The summed E-state index contributed by atoms with van der Waals surface area (Å²) in [6.45, 7) is 1.62. The summed E-state index contributed by atoms with van der Waals surface area (Å²) in [7, 11) is 0. The molecule has 2 aromatic heterocycles. The summed E-state index contributed by atoms with van der Waals surface area (Å²) in [5, 5.41) is 3.59. The third-order valence-corrected chi connectivity index (χ3v) is 3.27. The Morgan fingerprint density at radius 1 is 1.17 bits per heavy atom. The quantitative estimate of drug-likeness (QED) is 0.431. The molecule has 0 aliphatic rings. The molecule has 0 atom stereocenters. The van der Waals surface area contributed by atoms with Crippen LogP contribution < -0.4 is 11.3 Å². The molecule has 3 N–H and O–H groups in total. The van der Waals surface area contributed by atoms with E-state index in [0.717, 1.165) is 16.6 Å². The van der Waals surface area contributed by atoms with Gasteiger partial charge in [0.1, 0.15) is 11.6 Å². The van der Waals surface area contributed by atoms with Crippen molar-refractivity contribution < 1.29 is 17.6 Å². The Morgan fingerprint density at radius 2 is 1.83 bits per heavy atom. The zero-order valence-electron chi connectivity index (χ0n) is 11.8. The highest BCUT2D eigenvalue weighted by Gasteiger charge is 2.39. The lowest BCUT2D eigenvalue weighted by Crippen LogP contribution is -2.13. The van der Waals surface area contributed by atoms with Crippen molar-refractivity contribution in [2.45, 2.75) is 13.1 Å². The monoisotopic (exact) mass is 325 g/mol. The van der Waals surface area contributed by atoms with E-state index in [0.29, 0.717) is 5.69 Å². The van der Waals surface area contributed by atoms with Crippen LogP contribution in [-0.4, -0.2) is 14.6 Å². The van der Waals surface area contributed by atoms with Gasteiger partial charge >= 0.3 is 6.18 Å². The van der Waals surface area contributed by atoms with Crippen LogP contribution in [0.25, 0.3) is 16.8 Å². The number of halogens is 4. The van der Waals surface area contributed by atoms with Crippen LogP contribution in [-0.2, 0) is 6.18 Å². The van der Waals surface area contributed by atoms with Crippen molar-refractivity contribution in [1.82, 2.24) is 14.6 Å². The molecule has 2 heterocycles. The molecule has 23 heavy (non-hydrogen) atoms. The molecule has 0 bridgehead atoms. The highest BCUT2D eigenvalue weighted by molar-refractivity contribution is 5.81. The van der Waals surface area contributed by atoms with Crippen molar-refractivity contribution >= 4 is 11.5 Å². The fourth-order valence-corrected chi connectivity index (χ4v) is 2.32. The van der Waals surface area contributed by atoms with Gasteiger partial charge in [0, 0.05) is 11.8 Å². The molecule has 120 valence electrons. The van der Waals surface area contributed by atoms with Crippen molar-refractivity contribution in [3.05, 3.63) is 47.5 Å². The van der Waals surface area contributed by atoms with Crippen LogP contribution in [0, 0.1) is 12.7 Å². The van der Waals surface area contributed by atoms with Gasteiger partial charge in [0.15, 0.2) is 11.3 Å². The molecular formula is C14H11F4N5. The van der Waals surface area contributed by atoms with Crippen molar-refractivity contribution in [3.63, 3.8) is 0 Å². The standard InChI is InChI=1S/C14H11F4N5/c1-7-6-10(21-19)23-13(20-7)11(12(22-23)14(16,17)18)8-2-4-9(15)5-3-8/h2-6,21H,19H2,1H3. The SMILES string of the molecule is Cc1cc(NN)n2nc(C(F)(F)F)c(-c3ccc(F)cc3)c2n1. The van der Waals surface area contributed by atoms with E-state index in [2.05, 4.69) is 15.5 Å². The first kappa shape index (κ1) is 15.2. The molecule has 0 saturated carbocycles. The van der Waals surface area contributed by atoms with Gasteiger partial charge in [-0.2, -0.15) is 22.8 Å². The minimum Gasteiger partial charge on any atom is -0.308 e. The van der Waals surface area contributed by atoms with Crippen LogP contribution in [0.15, 0.2) is 30.3 Å². The van der Waals surface area contributed by atoms with E-state index in [1.165, 1.54) is 18.2 Å². The number of alkyl halides is 3. The maximum atomic E-state index is 13.4. The van der Waals surface area contributed by atoms with Crippen LogP contribution >= 0.6 is 0 Å². The summed E-state index contributed by atoms with van der Waals surface area (Å²) < 4.78 is 54.1. The number of hydrazine groups is 1. The number of nitrogens with zero attached hydrogens (tertiary/aromatic N) is 3. The van der Waals surface area contributed by atoms with Gasteiger partial charge in [0.25, 0.3) is 0 Å². The third kappa shape index (κ3) is 2.59. The number of aryl methyl sites for hydroxylation is 1. The molecule has 3 rings (SSSR count). The molecule has 3 aromatic rings. The second kappa shape index (κ2) is 5.20. The second-order valence-corrected chi connectivity index (χ2v) is 4.89. The largest absolute Gasteiger partial charge is 0.435 e. The van der Waals surface area contributed by atoms with Crippen LogP contribution in [0.4, 0.5) is 23.4 Å². The molecule has 0 unspecified atom stereocenters. The summed E-state index contributed by atoms with van der Waals surface area (Å²) in [5.41, 5.74) is 1.57. The number of fused-ring (bicyclic) bond motifs is 1. The molecule has 0 saturated heterocycles. The number of nitrogen functional groups attached to an aromatic ring is 1. The van der Waals surface area contributed by atoms with Crippen LogP contribution in [0.5, 0.6) is 0 Å². The van der Waals surface area contributed by atoms with Crippen molar-refractivity contribution in [1.29, 1.82) is 0 Å². The van der Waals surface area contributed by atoms with E-state index in [9.17, 15) is 17.6 Å². The first-order valence-corrected chi connectivity index (χ1v) is 6.51. The molecular weight excluding hydrogens is 314 g/mol. The van der Waals surface area contributed by atoms with E-state index in [1.54, 1.807) is 6.92 Å². The number of nitrogens with one attached hydrogen (secondary N) is 1. The molecule has 0 amide bonds. The van der Waals surface area contributed by atoms with Gasteiger partial charge in [-0.25, -0.2) is 15.2 Å². The van der Waals surface area contributed by atoms with Gasteiger partial charge in [0.05, 0.1) is 5.56 Å². The average Bonchev–Trinajstić information content (AvgIpc) is 2.86. The minimum atomic E-state index is -4.70. The Hall–Kier alpha value is -2.68. The summed E-state index contributed by atoms with van der Waals surface area (Å²) in [6, 6.07) is 6.13. The molecule has 1 aromatic carbocycles. The Labute approximate surface area is 127 Å². The van der Waals surface area contributed by atoms with Gasteiger partial charge in [-0.3, -0.25) is 0 Å². The normalized spacial score (nSPS) is 11.9. The van der Waals surface area contributed by atoms with Crippen LogP contribution in [0.2, 0.25) is 0 Å². The maximum absolute atomic E-state index is 13.4. The van der Waals surface area contributed by atoms with Crippen LogP contribution in [0.3, 0.4) is 0 Å². The molecule has 0 fully saturated rings. The Kier molecular flexibility index (Phi) is 3.44. The number of benzene rings is 1. The van der Waals surface area contributed by atoms with E-state index < -0.39 is 17.7 Å². The van der Waals surface area contributed by atoms with Crippen LogP contribution in [0.1, 0.15) is 11.4 Å². The van der Waals surface area contributed by atoms with Crippen molar-refractivity contribution in [2.75, 3.05) is 5.43 Å². The molecule has 0 spiro atoms. The summed E-state index contributed by atoms with van der Waals surface area (Å²) in [6.07, 6.45) is -4.70. The van der Waals surface area contributed by atoms with Crippen molar-refractivity contribution in [2.24, 2.45) is 5.84 Å². The first-order valence-electron chi connectivity index (χ1n) is 6.51. The predicted octanol–water partition coefficient (Wildman–Crippen LogP) is 3.15. The highest BCUT2D eigenvalue weighted by atomic mass is 19.4. The fraction of sp³-hybridized carbons (Fsp3) is 0.143. The maximum Gasteiger partial charge on any atom is 0.435 e. The minimum absolute atomic E-state index is 0.0168. The summed E-state index contributed by atoms with van der Waals surface area (Å²) in [5.74, 6) is 4.95. The topological polar surface area (TPSA) is 68.2 Å². The molecule has 0 aliphatic carbocycles. The Morgan fingerprint density at radius 3 is 2.39 bits per heavy atom. The zero-order chi connectivity index (χ0) is 16.8. The lowest BCUT2D eigenvalue weighted by atomic mass is 10.1. The number of anilines is 1. The highest BCUT2D eigenvalue weighted by Crippen LogP contribution is 2.39. The zero-order valence-corrected chi connectivity index (χ0v) is 11.8. The second-order valence-electron chi connectivity index (χ2n) is 4.89. The van der Waals surface area contributed by atoms with E-state index in [-0.39, 0.29) is 22.6 Å². The number of nitrogens with two attached hydrogens (primary N) is 1. The van der Waals surface area contributed by atoms with E-state index in [1.807, 2.05) is 0 Å². The van der Waals surface area contributed by atoms with E-state index in [4.69, 9.17) is 5.84 Å². The average molecular weight is 325 g/mol. The molecule has 0 aliphatic heterocycles. The predicted molar refractivity (Wildman–Crippen MR) is 75.9 cm³/mol. The fourth-order valence-electron chi connectivity index (χ4n) is 2.32. The lowest BCUT2D eigenvalue weighted by Gasteiger charge is -2.07. The van der Waals surface area contributed by atoms with Gasteiger partial charge in [0.2, 0.25) is 0 Å².